The van der Waals surface area contributed by atoms with Gasteiger partial charge in [0.1, 0.15) is 0 Å². The molecule has 2 aromatic rings. The molecule has 26 heavy (non-hydrogen) atoms. The van der Waals surface area contributed by atoms with Crippen LogP contribution in [0.15, 0.2) is 36.7 Å². The van der Waals surface area contributed by atoms with Crippen molar-refractivity contribution in [3.8, 4) is 0 Å². The lowest BCUT2D eigenvalue weighted by Crippen LogP contribution is -2.34. The molecule has 3 heterocycles. The van der Waals surface area contributed by atoms with Crippen molar-refractivity contribution >= 4 is 17.5 Å². The molecule has 0 bridgehead atoms. The number of anilines is 1. The Kier molecular flexibility index (Phi) is 3.90. The van der Waals surface area contributed by atoms with Gasteiger partial charge in [-0.1, -0.05) is 0 Å². The fourth-order valence-corrected chi connectivity index (χ4v) is 3.77. The maximum atomic E-state index is 13.5. The van der Waals surface area contributed by atoms with Gasteiger partial charge in [-0.3, -0.25) is 9.59 Å². The molecule has 2 fully saturated rings. The van der Waals surface area contributed by atoms with Gasteiger partial charge >= 0.3 is 0 Å². The smallest absolute Gasteiger partial charge is 0.255 e. The molecular weight excluding hydrogens is 342 g/mol. The topological polar surface area (TPSA) is 66.4 Å². The average Bonchev–Trinajstić information content (AvgIpc) is 3.20. The monoisotopic (exact) mass is 358 g/mol. The molecule has 134 valence electrons. The van der Waals surface area contributed by atoms with Crippen LogP contribution in [0, 0.1) is 17.0 Å². The van der Waals surface area contributed by atoms with Gasteiger partial charge in [-0.15, -0.1) is 0 Å². The average molecular weight is 358 g/mol. The van der Waals surface area contributed by atoms with E-state index in [2.05, 4.69) is 10.2 Å². The lowest BCUT2D eigenvalue weighted by Gasteiger charge is -2.24. The molecule has 1 spiro atoms. The van der Waals surface area contributed by atoms with Crippen LogP contribution in [0.2, 0.25) is 0 Å². The van der Waals surface area contributed by atoms with E-state index in [4.69, 9.17) is 0 Å². The molecule has 1 aromatic carbocycles. The van der Waals surface area contributed by atoms with Gasteiger partial charge in [0.2, 0.25) is 5.91 Å². The highest BCUT2D eigenvalue weighted by Gasteiger charge is 2.49. The molecule has 0 saturated carbocycles. The maximum absolute atomic E-state index is 13.5. The highest BCUT2D eigenvalue weighted by Crippen LogP contribution is 2.42. The van der Waals surface area contributed by atoms with E-state index in [9.17, 15) is 18.4 Å². The molecule has 2 aliphatic heterocycles. The summed E-state index contributed by atoms with van der Waals surface area (Å²) in [4.78, 5) is 28.2. The van der Waals surface area contributed by atoms with Crippen LogP contribution in [0.4, 0.5) is 14.5 Å². The van der Waals surface area contributed by atoms with Gasteiger partial charge in [0.15, 0.2) is 11.6 Å². The second-order valence-corrected chi connectivity index (χ2v) is 6.86. The minimum absolute atomic E-state index is 0.143. The van der Waals surface area contributed by atoms with E-state index in [0.717, 1.165) is 12.1 Å². The van der Waals surface area contributed by atoms with Gasteiger partial charge < -0.3 is 9.80 Å². The number of carbonyl (C=O) groups is 2. The summed E-state index contributed by atoms with van der Waals surface area (Å²) < 4.78 is 26.7. The third-order valence-electron chi connectivity index (χ3n) is 5.09. The zero-order valence-corrected chi connectivity index (χ0v) is 13.9. The molecule has 8 heteroatoms. The van der Waals surface area contributed by atoms with Crippen LogP contribution in [0.1, 0.15) is 23.2 Å². The molecule has 0 unspecified atom stereocenters. The van der Waals surface area contributed by atoms with Gasteiger partial charge in [-0.25, -0.2) is 8.78 Å². The number of amides is 2. The number of benzene rings is 1. The number of hydrogen-bond acceptors (Lipinski definition) is 4. The third-order valence-corrected chi connectivity index (χ3v) is 5.09. The highest BCUT2D eigenvalue weighted by molar-refractivity contribution is 5.97. The summed E-state index contributed by atoms with van der Waals surface area (Å²) in [6.45, 7) is 1.37. The van der Waals surface area contributed by atoms with Crippen LogP contribution in [0.5, 0.6) is 0 Å². The van der Waals surface area contributed by atoms with Gasteiger partial charge in [0.25, 0.3) is 5.91 Å². The molecule has 2 aliphatic rings. The minimum Gasteiger partial charge on any atom is -0.338 e. The summed E-state index contributed by atoms with van der Waals surface area (Å²) in [5.74, 6) is -2.21. The molecule has 1 aromatic heterocycles. The highest BCUT2D eigenvalue weighted by atomic mass is 19.2. The van der Waals surface area contributed by atoms with Crippen LogP contribution in [-0.2, 0) is 4.79 Å². The normalized spacial score (nSPS) is 22.5. The number of nitrogens with zero attached hydrogens (tertiary/aromatic N) is 4. The maximum Gasteiger partial charge on any atom is 0.255 e. The summed E-state index contributed by atoms with van der Waals surface area (Å²) >= 11 is 0. The number of halogens is 2. The van der Waals surface area contributed by atoms with E-state index in [1.807, 2.05) is 0 Å². The van der Waals surface area contributed by atoms with Crippen LogP contribution < -0.4 is 4.90 Å². The molecule has 0 radical (unpaired) electrons. The summed E-state index contributed by atoms with van der Waals surface area (Å²) in [5.41, 5.74) is 0.436. The SMILES string of the molecule is O=C(c1ccnnc1)N1CC[C@]2(CC(=O)N(c3ccc(F)c(F)c3)C2)C1. The Balaban J connectivity index is 1.51. The summed E-state index contributed by atoms with van der Waals surface area (Å²) in [6, 6.07) is 5.06. The number of likely N-dealkylation sites (tertiary alicyclic amines) is 1. The van der Waals surface area contributed by atoms with E-state index in [1.165, 1.54) is 23.4 Å². The summed E-state index contributed by atoms with van der Waals surface area (Å²) in [7, 11) is 0. The Morgan fingerprint density at radius 2 is 1.96 bits per heavy atom. The van der Waals surface area contributed by atoms with E-state index >= 15 is 0 Å². The third kappa shape index (κ3) is 2.81. The van der Waals surface area contributed by atoms with Crippen LogP contribution >= 0.6 is 0 Å². The largest absolute Gasteiger partial charge is 0.338 e. The molecule has 6 nitrogen and oxygen atoms in total. The van der Waals surface area contributed by atoms with E-state index < -0.39 is 11.6 Å². The van der Waals surface area contributed by atoms with E-state index in [1.54, 1.807) is 11.0 Å². The molecule has 1 atom stereocenters. The number of hydrogen-bond donors (Lipinski definition) is 0. The zero-order chi connectivity index (χ0) is 18.3. The van der Waals surface area contributed by atoms with Gasteiger partial charge in [0, 0.05) is 43.2 Å². The Hall–Kier alpha value is -2.90. The Labute approximate surface area is 148 Å². The standard InChI is InChI=1S/C18H16F2N4O2/c19-14-2-1-13(7-15(14)20)24-11-18(8-16(24)25)4-6-23(10-18)17(26)12-3-5-21-22-9-12/h1-3,5,7,9H,4,6,8,10-11H2/t18-/m0/s1. The van der Waals surface area contributed by atoms with Crippen molar-refractivity contribution in [2.45, 2.75) is 12.8 Å². The first-order valence-electron chi connectivity index (χ1n) is 8.29. The summed E-state index contributed by atoms with van der Waals surface area (Å²) in [6.07, 6.45) is 3.84. The van der Waals surface area contributed by atoms with E-state index in [-0.39, 0.29) is 23.7 Å². The Morgan fingerprint density at radius 3 is 2.69 bits per heavy atom. The van der Waals surface area contributed by atoms with Crippen molar-refractivity contribution in [2.24, 2.45) is 5.41 Å². The zero-order valence-electron chi connectivity index (χ0n) is 13.9. The number of rotatable bonds is 2. The summed E-state index contributed by atoms with van der Waals surface area (Å²) in [5, 5.41) is 7.38. The van der Waals surface area contributed by atoms with Gasteiger partial charge in [-0.05, 0) is 24.6 Å². The first kappa shape index (κ1) is 16.6. The lowest BCUT2D eigenvalue weighted by atomic mass is 9.86. The lowest BCUT2D eigenvalue weighted by molar-refractivity contribution is -0.117. The van der Waals surface area contributed by atoms with Crippen molar-refractivity contribution in [3.05, 3.63) is 53.9 Å². The molecular formula is C18H16F2N4O2. The van der Waals surface area contributed by atoms with E-state index in [0.29, 0.717) is 37.3 Å². The quantitative estimate of drug-likeness (QED) is 0.824. The molecule has 4 rings (SSSR count). The number of aromatic nitrogens is 2. The van der Waals surface area contributed by atoms with Crippen molar-refractivity contribution in [3.63, 3.8) is 0 Å². The molecule has 0 aliphatic carbocycles. The van der Waals surface area contributed by atoms with Crippen molar-refractivity contribution < 1.29 is 18.4 Å². The Morgan fingerprint density at radius 1 is 1.12 bits per heavy atom. The first-order chi connectivity index (χ1) is 12.5. The minimum atomic E-state index is -0.982. The van der Waals surface area contributed by atoms with Crippen LogP contribution in [0.25, 0.3) is 0 Å². The second-order valence-electron chi connectivity index (χ2n) is 6.86. The predicted molar refractivity (Wildman–Crippen MR) is 88.3 cm³/mol. The number of carbonyl (C=O) groups excluding carboxylic acids is 2. The first-order valence-corrected chi connectivity index (χ1v) is 8.29. The van der Waals surface area contributed by atoms with Crippen LogP contribution in [0.3, 0.4) is 0 Å². The van der Waals surface area contributed by atoms with Crippen molar-refractivity contribution in [1.82, 2.24) is 15.1 Å². The molecule has 0 N–H and O–H groups in total. The molecule has 2 saturated heterocycles. The second kappa shape index (κ2) is 6.12. The van der Waals surface area contributed by atoms with Crippen molar-refractivity contribution in [1.29, 1.82) is 0 Å². The fraction of sp³-hybridized carbons (Fsp3) is 0.333. The fourth-order valence-electron chi connectivity index (χ4n) is 3.77. The Bertz CT molecular complexity index is 877. The van der Waals surface area contributed by atoms with Gasteiger partial charge in [0.05, 0.1) is 18.0 Å². The molecule has 2 amide bonds. The van der Waals surface area contributed by atoms with Gasteiger partial charge in [-0.2, -0.15) is 10.2 Å². The van der Waals surface area contributed by atoms with Crippen LogP contribution in [-0.4, -0.2) is 46.5 Å². The predicted octanol–water partition coefficient (Wildman–Crippen LogP) is 2.02. The van der Waals surface area contributed by atoms with Crippen molar-refractivity contribution in [2.75, 3.05) is 24.5 Å².